The lowest BCUT2D eigenvalue weighted by Crippen LogP contribution is -2.50. The first-order chi connectivity index (χ1) is 33.8. The van der Waals surface area contributed by atoms with E-state index in [0.29, 0.717) is 60.6 Å². The number of rotatable bonds is 26. The van der Waals surface area contributed by atoms with Gasteiger partial charge in [0.25, 0.3) is 0 Å². The Kier molecular flexibility index (Phi) is 19.1. The second-order valence-electron chi connectivity index (χ2n) is 19.1. The zero-order chi connectivity index (χ0) is 50.3. The Labute approximate surface area is 415 Å². The minimum absolute atomic E-state index is 0.213. The van der Waals surface area contributed by atoms with Gasteiger partial charge >= 0.3 is 11.9 Å². The molecule has 0 saturated carbocycles. The van der Waals surface area contributed by atoms with E-state index in [1.165, 1.54) is 22.3 Å². The summed E-state index contributed by atoms with van der Waals surface area (Å²) in [6.07, 6.45) is 8.65. The van der Waals surface area contributed by atoms with Crippen LogP contribution in [0.5, 0.6) is 46.0 Å². The van der Waals surface area contributed by atoms with Gasteiger partial charge in [0.05, 0.1) is 110 Å². The number of fused-ring (bicyclic) bond motifs is 2. The fourth-order valence-electron chi connectivity index (χ4n) is 10.4. The summed E-state index contributed by atoms with van der Waals surface area (Å²) in [5.74, 6) is 5.67. The van der Waals surface area contributed by atoms with Crippen molar-refractivity contribution in [1.82, 2.24) is 0 Å². The van der Waals surface area contributed by atoms with Crippen molar-refractivity contribution in [3.63, 3.8) is 0 Å². The number of nitrogens with zero attached hydrogens (tertiary/aromatic N) is 2. The second-order valence-corrected chi connectivity index (χ2v) is 19.1. The third-order valence-corrected chi connectivity index (χ3v) is 13.9. The van der Waals surface area contributed by atoms with Gasteiger partial charge in [0.2, 0.25) is 0 Å². The molecule has 14 nitrogen and oxygen atoms in total. The summed E-state index contributed by atoms with van der Waals surface area (Å²) in [4.78, 5) is 25.4. The van der Waals surface area contributed by atoms with Crippen LogP contribution < -0.4 is 37.9 Å². The molecule has 2 aliphatic heterocycles. The first kappa shape index (κ1) is 53.2. The van der Waals surface area contributed by atoms with Crippen LogP contribution in [-0.2, 0) is 45.0 Å². The Bertz CT molecular complexity index is 2260. The fraction of sp³-hybridized carbons (Fsp3) is 0.500. The molecule has 0 fully saturated rings. The lowest BCUT2D eigenvalue weighted by molar-refractivity contribution is -0.926. The zero-order valence-corrected chi connectivity index (χ0v) is 43.2. The van der Waals surface area contributed by atoms with Crippen molar-refractivity contribution in [2.75, 3.05) is 110 Å². The van der Waals surface area contributed by atoms with Crippen molar-refractivity contribution in [2.45, 2.75) is 76.3 Å². The van der Waals surface area contributed by atoms with Crippen molar-refractivity contribution >= 4 is 11.9 Å². The van der Waals surface area contributed by atoms with Crippen molar-refractivity contribution in [2.24, 2.45) is 0 Å². The van der Waals surface area contributed by atoms with E-state index in [4.69, 9.17) is 47.4 Å². The number of carbonyl (C=O) groups is 2. The van der Waals surface area contributed by atoms with Crippen LogP contribution in [0.1, 0.15) is 83.7 Å². The Morgan fingerprint density at radius 1 is 0.486 bits per heavy atom. The summed E-state index contributed by atoms with van der Waals surface area (Å²) in [7, 11) is 17.8. The third kappa shape index (κ3) is 13.8. The Morgan fingerprint density at radius 3 is 1.19 bits per heavy atom. The molecule has 0 bridgehead atoms. The number of likely N-dealkylation sites (N-methyl/N-ethyl adjacent to an activating group) is 2. The van der Waals surface area contributed by atoms with Gasteiger partial charge in [0.15, 0.2) is 46.0 Å². The molecule has 0 N–H and O–H groups in total. The standard InChI is InChI=1S/C56H76N2O12/c1-57(35-41(27-39-19-21-47(61-3)49(29-39)63-5)45-33-53(67-9)51(65-7)31-43(45)37-57)23-15-25-69-55(59)17-13-11-12-14-18-56(60)70-26-16-24-58(2)36-42(28-40-20-22-48(62-4)50(30-40)64-6)46-34-54(68-10)52(66-8)32-44(46)38-58/h11-12,19-22,29-34,41-42H,13-18,23-28,35-38H2,1-10H3/q+2/b12-11+. The monoisotopic (exact) mass is 969 g/mol. The number of methoxy groups -OCH3 is 8. The Hall–Kier alpha value is -6.12. The van der Waals surface area contributed by atoms with Crippen molar-refractivity contribution < 1.29 is 65.9 Å². The summed E-state index contributed by atoms with van der Waals surface area (Å²) < 4.78 is 57.9. The van der Waals surface area contributed by atoms with Gasteiger partial charge in [-0.2, -0.15) is 0 Å². The number of ether oxygens (including phenoxy) is 10. The number of hydrogen-bond donors (Lipinski definition) is 0. The van der Waals surface area contributed by atoms with E-state index < -0.39 is 0 Å². The van der Waals surface area contributed by atoms with E-state index in [9.17, 15) is 9.59 Å². The van der Waals surface area contributed by atoms with Crippen molar-refractivity contribution in [3.8, 4) is 46.0 Å². The summed E-state index contributed by atoms with van der Waals surface area (Å²) in [5, 5.41) is 0. The number of hydrogen-bond acceptors (Lipinski definition) is 12. The molecule has 2 heterocycles. The van der Waals surface area contributed by atoms with Gasteiger partial charge in [-0.25, -0.2) is 0 Å². The first-order valence-electron chi connectivity index (χ1n) is 24.4. The molecule has 14 heteroatoms. The van der Waals surface area contributed by atoms with E-state index in [1.54, 1.807) is 56.9 Å². The molecule has 0 aromatic heterocycles. The maximum absolute atomic E-state index is 12.7. The lowest BCUT2D eigenvalue weighted by Gasteiger charge is -2.43. The molecule has 0 saturated heterocycles. The van der Waals surface area contributed by atoms with Crippen LogP contribution in [-0.4, -0.2) is 131 Å². The highest BCUT2D eigenvalue weighted by Crippen LogP contribution is 2.43. The number of benzene rings is 4. The minimum Gasteiger partial charge on any atom is -0.493 e. The predicted molar refractivity (Wildman–Crippen MR) is 269 cm³/mol. The van der Waals surface area contributed by atoms with Crippen molar-refractivity contribution in [1.29, 1.82) is 0 Å². The molecule has 0 amide bonds. The highest BCUT2D eigenvalue weighted by Gasteiger charge is 2.38. The van der Waals surface area contributed by atoms with Crippen LogP contribution in [0.2, 0.25) is 0 Å². The van der Waals surface area contributed by atoms with Gasteiger partial charge in [-0.1, -0.05) is 24.3 Å². The highest BCUT2D eigenvalue weighted by molar-refractivity contribution is 5.70. The van der Waals surface area contributed by atoms with E-state index in [-0.39, 0.29) is 36.6 Å². The van der Waals surface area contributed by atoms with Crippen LogP contribution in [0.4, 0.5) is 0 Å². The molecule has 0 spiro atoms. The second kappa shape index (κ2) is 25.1. The summed E-state index contributed by atoms with van der Waals surface area (Å²) in [5.41, 5.74) is 7.28. The number of quaternary nitrogens is 2. The minimum atomic E-state index is -0.224. The van der Waals surface area contributed by atoms with Crippen molar-refractivity contribution in [3.05, 3.63) is 106 Å². The zero-order valence-electron chi connectivity index (χ0n) is 43.2. The summed E-state index contributed by atoms with van der Waals surface area (Å²) in [6, 6.07) is 20.7. The molecule has 4 unspecified atom stereocenters. The van der Waals surface area contributed by atoms with Crippen LogP contribution >= 0.6 is 0 Å². The Morgan fingerprint density at radius 2 is 0.829 bits per heavy atom. The van der Waals surface area contributed by atoms with Crippen LogP contribution in [0.15, 0.2) is 72.8 Å². The Balaban J connectivity index is 0.913. The molecule has 0 radical (unpaired) electrons. The average Bonchev–Trinajstić information content (AvgIpc) is 3.36. The van der Waals surface area contributed by atoms with Gasteiger partial charge < -0.3 is 56.3 Å². The van der Waals surface area contributed by atoms with Crippen LogP contribution in [0, 0.1) is 0 Å². The third-order valence-electron chi connectivity index (χ3n) is 13.9. The molecule has 380 valence electrons. The van der Waals surface area contributed by atoms with E-state index in [1.807, 2.05) is 24.3 Å². The molecule has 4 aromatic rings. The van der Waals surface area contributed by atoms with Gasteiger partial charge in [-0.05, 0) is 96.5 Å². The van der Waals surface area contributed by atoms with Gasteiger partial charge in [0, 0.05) is 48.6 Å². The quantitative estimate of drug-likeness (QED) is 0.0258. The molecule has 4 aromatic carbocycles. The van der Waals surface area contributed by atoms with Gasteiger partial charge in [-0.3, -0.25) is 9.59 Å². The molecule has 70 heavy (non-hydrogen) atoms. The highest BCUT2D eigenvalue weighted by atomic mass is 16.5. The SMILES string of the molecule is COc1ccc(CC2C[N+](C)(CCCOC(=O)CC/C=C/CCC(=O)OCCC[N+]3(C)Cc4cc(OC)c(OC)cc4C(Cc4ccc(OC)c(OC)c4)C3)Cc3cc(OC)c(OC)cc32)cc1OC. The molecule has 4 atom stereocenters. The maximum atomic E-state index is 12.7. The van der Waals surface area contributed by atoms with E-state index >= 15 is 0 Å². The molecular formula is C56H76N2O12+2. The fourth-order valence-corrected chi connectivity index (χ4v) is 10.4. The van der Waals surface area contributed by atoms with Gasteiger partial charge in [0.1, 0.15) is 13.1 Å². The topological polar surface area (TPSA) is 126 Å². The molecule has 6 rings (SSSR count). The largest absolute Gasteiger partial charge is 0.493 e. The summed E-state index contributed by atoms with van der Waals surface area (Å²) in [6.45, 7) is 5.89. The van der Waals surface area contributed by atoms with Gasteiger partial charge in [-0.15, -0.1) is 0 Å². The number of allylic oxidation sites excluding steroid dienone is 2. The van der Waals surface area contributed by atoms with Crippen LogP contribution in [0.25, 0.3) is 0 Å². The average molecular weight is 969 g/mol. The summed E-state index contributed by atoms with van der Waals surface area (Å²) >= 11 is 0. The van der Waals surface area contributed by atoms with E-state index in [2.05, 4.69) is 62.6 Å². The molecular weight excluding hydrogens is 893 g/mol. The molecule has 2 aliphatic rings. The number of esters is 2. The first-order valence-corrected chi connectivity index (χ1v) is 24.4. The predicted octanol–water partition coefficient (Wildman–Crippen LogP) is 9.01. The molecule has 0 aliphatic carbocycles. The van der Waals surface area contributed by atoms with E-state index in [0.717, 1.165) is 96.5 Å². The normalized spacial score (nSPS) is 19.3. The number of carbonyl (C=O) groups excluding carboxylic acids is 2. The lowest BCUT2D eigenvalue weighted by atomic mass is 9.83. The smallest absolute Gasteiger partial charge is 0.306 e. The maximum Gasteiger partial charge on any atom is 0.306 e. The van der Waals surface area contributed by atoms with Crippen LogP contribution in [0.3, 0.4) is 0 Å².